The lowest BCUT2D eigenvalue weighted by molar-refractivity contribution is 0.472. The number of rotatable bonds is 0. The van der Waals surface area contributed by atoms with Crippen LogP contribution in [0.1, 0.15) is 5.56 Å². The van der Waals surface area contributed by atoms with Gasteiger partial charge in [-0.2, -0.15) is 0 Å². The second-order valence-electron chi connectivity index (χ2n) is 2.87. The molecule has 1 aromatic carbocycles. The van der Waals surface area contributed by atoms with Crippen molar-refractivity contribution < 1.29 is 5.11 Å². The van der Waals surface area contributed by atoms with E-state index in [1.807, 2.05) is 18.2 Å². The summed E-state index contributed by atoms with van der Waals surface area (Å²) in [6.07, 6.45) is 3.00. The predicted molar refractivity (Wildman–Crippen MR) is 64.3 cm³/mol. The zero-order valence-electron chi connectivity index (χ0n) is 8.50. The highest BCUT2D eigenvalue weighted by molar-refractivity contribution is 5.85. The number of aromatic nitrogens is 1. The van der Waals surface area contributed by atoms with Crippen LogP contribution in [0.5, 0.6) is 5.75 Å². The Bertz CT molecular complexity index is 313. The van der Waals surface area contributed by atoms with Gasteiger partial charge in [0.1, 0.15) is 5.75 Å². The largest absolute Gasteiger partial charge is 0.506 e. The van der Waals surface area contributed by atoms with E-state index in [9.17, 15) is 0 Å². The second kappa shape index (κ2) is 7.83. The second-order valence-corrected chi connectivity index (χ2v) is 2.87. The van der Waals surface area contributed by atoms with Gasteiger partial charge in [-0.05, 0) is 19.1 Å². The summed E-state index contributed by atoms with van der Waals surface area (Å²) in [6, 6.07) is 13.5. The Kier molecular flexibility index (Phi) is 7.02. The quantitative estimate of drug-likeness (QED) is 0.744. The maximum atomic E-state index is 8.57. The Morgan fingerprint density at radius 2 is 1.67 bits per heavy atom. The highest BCUT2D eigenvalue weighted by atomic mass is 35.5. The molecular weight excluding hydrogens is 210 g/mol. The van der Waals surface area contributed by atoms with Gasteiger partial charge >= 0.3 is 0 Å². The van der Waals surface area contributed by atoms with Gasteiger partial charge in [0.15, 0.2) is 0 Å². The summed E-state index contributed by atoms with van der Waals surface area (Å²) < 4.78 is 0. The molecule has 1 heterocycles. The van der Waals surface area contributed by atoms with Gasteiger partial charge in [0.2, 0.25) is 0 Å². The van der Waals surface area contributed by atoms with E-state index >= 15 is 0 Å². The number of nitrogens with zero attached hydrogens (tertiary/aromatic N) is 1. The molecule has 0 saturated carbocycles. The number of aryl methyl sites for hydroxylation is 1. The number of hydrogen-bond acceptors (Lipinski definition) is 2. The maximum Gasteiger partial charge on any atom is 0.133 e. The molecule has 80 valence electrons. The van der Waals surface area contributed by atoms with Gasteiger partial charge < -0.3 is 5.11 Å². The van der Waals surface area contributed by atoms with Crippen molar-refractivity contribution in [1.29, 1.82) is 0 Å². The molecule has 0 aliphatic rings. The fourth-order valence-electron chi connectivity index (χ4n) is 0.888. The van der Waals surface area contributed by atoms with E-state index in [1.165, 1.54) is 11.8 Å². The minimum atomic E-state index is 0. The Hall–Kier alpha value is -1.54. The summed E-state index contributed by atoms with van der Waals surface area (Å²) in [5.41, 5.74) is 1.32. The SMILES string of the molecule is Cc1ccccc1.Cl.Oc1cccnc1. The average molecular weight is 224 g/mol. The van der Waals surface area contributed by atoms with Crippen LogP contribution in [-0.2, 0) is 0 Å². The molecule has 2 nitrogen and oxygen atoms in total. The lowest BCUT2D eigenvalue weighted by atomic mass is 10.2. The molecule has 0 atom stereocenters. The Balaban J connectivity index is 0.000000245. The van der Waals surface area contributed by atoms with Gasteiger partial charge in [-0.25, -0.2) is 0 Å². The van der Waals surface area contributed by atoms with Crippen LogP contribution < -0.4 is 0 Å². The number of halogens is 1. The van der Waals surface area contributed by atoms with E-state index in [2.05, 4.69) is 24.0 Å². The average Bonchev–Trinajstić information content (AvgIpc) is 2.21. The van der Waals surface area contributed by atoms with Gasteiger partial charge in [-0.1, -0.05) is 35.9 Å². The molecule has 3 heteroatoms. The van der Waals surface area contributed by atoms with E-state index in [4.69, 9.17) is 5.11 Å². The minimum Gasteiger partial charge on any atom is -0.506 e. The Morgan fingerprint density at radius 1 is 1.00 bits per heavy atom. The third-order valence-corrected chi connectivity index (χ3v) is 1.59. The molecule has 0 amide bonds. The van der Waals surface area contributed by atoms with Crippen LogP contribution in [-0.4, -0.2) is 10.1 Å². The topological polar surface area (TPSA) is 33.1 Å². The van der Waals surface area contributed by atoms with E-state index in [0.29, 0.717) is 0 Å². The fraction of sp³-hybridized carbons (Fsp3) is 0.0833. The summed E-state index contributed by atoms with van der Waals surface area (Å²) >= 11 is 0. The molecule has 0 unspecified atom stereocenters. The third-order valence-electron chi connectivity index (χ3n) is 1.59. The molecule has 15 heavy (non-hydrogen) atoms. The Morgan fingerprint density at radius 3 is 1.93 bits per heavy atom. The number of benzene rings is 1. The number of hydrogen-bond donors (Lipinski definition) is 1. The van der Waals surface area contributed by atoms with Crippen molar-refractivity contribution in [1.82, 2.24) is 4.98 Å². The van der Waals surface area contributed by atoms with Crippen molar-refractivity contribution >= 4 is 12.4 Å². The van der Waals surface area contributed by atoms with E-state index < -0.39 is 0 Å². The highest BCUT2D eigenvalue weighted by Crippen LogP contribution is 1.99. The first kappa shape index (κ1) is 13.5. The fourth-order valence-corrected chi connectivity index (χ4v) is 0.888. The van der Waals surface area contributed by atoms with Crippen molar-refractivity contribution in [3.63, 3.8) is 0 Å². The van der Waals surface area contributed by atoms with Crippen molar-refractivity contribution in [2.45, 2.75) is 6.92 Å². The molecule has 2 aromatic rings. The summed E-state index contributed by atoms with van der Waals surface area (Å²) in [5, 5.41) is 8.57. The molecular formula is C12H14ClNO. The first-order valence-corrected chi connectivity index (χ1v) is 4.39. The normalized spacial score (nSPS) is 8.07. The lowest BCUT2D eigenvalue weighted by Crippen LogP contribution is -1.64. The first-order chi connectivity index (χ1) is 6.79. The molecule has 0 radical (unpaired) electrons. The van der Waals surface area contributed by atoms with Crippen molar-refractivity contribution in [2.24, 2.45) is 0 Å². The number of pyridine rings is 1. The van der Waals surface area contributed by atoms with Crippen LogP contribution in [0.15, 0.2) is 54.9 Å². The van der Waals surface area contributed by atoms with Crippen molar-refractivity contribution in [3.8, 4) is 5.75 Å². The summed E-state index contributed by atoms with van der Waals surface area (Å²) in [5.74, 6) is 0.211. The zero-order chi connectivity index (χ0) is 10.2. The maximum absolute atomic E-state index is 8.57. The van der Waals surface area contributed by atoms with Gasteiger partial charge in [0.25, 0.3) is 0 Å². The third kappa shape index (κ3) is 6.52. The molecule has 0 fully saturated rings. The summed E-state index contributed by atoms with van der Waals surface area (Å²) in [4.78, 5) is 3.63. The molecule has 0 aliphatic heterocycles. The molecule has 1 N–H and O–H groups in total. The van der Waals surface area contributed by atoms with E-state index in [-0.39, 0.29) is 18.2 Å². The number of aromatic hydroxyl groups is 1. The molecule has 0 spiro atoms. The smallest absolute Gasteiger partial charge is 0.133 e. The van der Waals surface area contributed by atoms with E-state index in [0.717, 1.165) is 0 Å². The summed E-state index contributed by atoms with van der Waals surface area (Å²) in [7, 11) is 0. The standard InChI is InChI=1S/C7H8.C5H5NO.ClH/c1-7-5-3-2-4-6-7;7-5-2-1-3-6-4-5;/h2-6H,1H3;1-4,7H;1H. The monoisotopic (exact) mass is 223 g/mol. The zero-order valence-corrected chi connectivity index (χ0v) is 9.32. The van der Waals surface area contributed by atoms with Crippen LogP contribution in [0.4, 0.5) is 0 Å². The van der Waals surface area contributed by atoms with Gasteiger partial charge in [-0.3, -0.25) is 4.98 Å². The molecule has 0 saturated heterocycles. The molecule has 0 aliphatic carbocycles. The van der Waals surface area contributed by atoms with Crippen molar-refractivity contribution in [3.05, 3.63) is 60.4 Å². The first-order valence-electron chi connectivity index (χ1n) is 4.39. The lowest BCUT2D eigenvalue weighted by Gasteiger charge is -1.82. The van der Waals surface area contributed by atoms with Crippen LogP contribution >= 0.6 is 12.4 Å². The van der Waals surface area contributed by atoms with Crippen LogP contribution in [0.3, 0.4) is 0 Å². The molecule has 1 aromatic heterocycles. The minimum absolute atomic E-state index is 0. The highest BCUT2D eigenvalue weighted by Gasteiger charge is 1.76. The van der Waals surface area contributed by atoms with Crippen LogP contribution in [0.25, 0.3) is 0 Å². The Labute approximate surface area is 96.0 Å². The van der Waals surface area contributed by atoms with Gasteiger partial charge in [0, 0.05) is 6.20 Å². The van der Waals surface area contributed by atoms with Gasteiger partial charge in [0.05, 0.1) is 6.20 Å². The van der Waals surface area contributed by atoms with Crippen molar-refractivity contribution in [2.75, 3.05) is 0 Å². The van der Waals surface area contributed by atoms with Crippen LogP contribution in [0.2, 0.25) is 0 Å². The van der Waals surface area contributed by atoms with Crippen LogP contribution in [0, 0.1) is 6.92 Å². The predicted octanol–water partition coefficient (Wildman–Crippen LogP) is 3.20. The summed E-state index contributed by atoms with van der Waals surface area (Å²) in [6.45, 7) is 2.08. The van der Waals surface area contributed by atoms with Gasteiger partial charge in [-0.15, -0.1) is 12.4 Å². The molecule has 2 rings (SSSR count). The van der Waals surface area contributed by atoms with E-state index in [1.54, 1.807) is 18.3 Å². The molecule has 0 bridgehead atoms.